The van der Waals surface area contributed by atoms with Crippen molar-refractivity contribution in [2.75, 3.05) is 13.2 Å². The van der Waals surface area contributed by atoms with Gasteiger partial charge in [-0.15, -0.1) is 0 Å². The van der Waals surface area contributed by atoms with E-state index in [2.05, 4.69) is 11.9 Å². The molecule has 3 nitrogen and oxygen atoms in total. The third kappa shape index (κ3) is 8.59. The molecule has 0 bridgehead atoms. The molecular weight excluding hydrogens is 178 g/mol. The largest absolute Gasteiger partial charge is 0.466 e. The Hall–Kier alpha value is -1.51. The molecule has 0 amide bonds. The van der Waals surface area contributed by atoms with Gasteiger partial charge in [0, 0.05) is 6.54 Å². The van der Waals surface area contributed by atoms with E-state index in [1.54, 1.807) is 25.3 Å². The average molecular weight is 195 g/mol. The van der Waals surface area contributed by atoms with Gasteiger partial charge in [0.2, 0.25) is 0 Å². The van der Waals surface area contributed by atoms with Crippen LogP contribution in [0.1, 0.15) is 13.3 Å². The maximum atomic E-state index is 10.8. The lowest BCUT2D eigenvalue weighted by atomic mass is 10.4. The summed E-state index contributed by atoms with van der Waals surface area (Å²) in [5.41, 5.74) is 0. The second-order valence-electron chi connectivity index (χ2n) is 2.48. The summed E-state index contributed by atoms with van der Waals surface area (Å²) in [6.07, 6.45) is 9.29. The fourth-order valence-corrected chi connectivity index (χ4v) is 0.759. The first-order valence-electron chi connectivity index (χ1n) is 4.62. The van der Waals surface area contributed by atoms with Crippen LogP contribution in [-0.2, 0) is 9.53 Å². The molecular formula is C11H17NO2. The number of hydrogen-bond donors (Lipinski definition) is 1. The summed E-state index contributed by atoms with van der Waals surface area (Å²) in [7, 11) is 0. The Labute approximate surface area is 85.1 Å². The molecule has 0 aromatic carbocycles. The quantitative estimate of drug-likeness (QED) is 0.382. The number of allylic oxidation sites excluding steroid dienone is 2. The molecule has 3 heteroatoms. The third-order valence-electron chi connectivity index (χ3n) is 1.33. The maximum Gasteiger partial charge on any atom is 0.309 e. The highest BCUT2D eigenvalue weighted by atomic mass is 16.5. The van der Waals surface area contributed by atoms with Crippen molar-refractivity contribution < 1.29 is 9.53 Å². The lowest BCUT2D eigenvalue weighted by molar-refractivity contribution is -0.142. The van der Waals surface area contributed by atoms with Gasteiger partial charge in [0.15, 0.2) is 0 Å². The van der Waals surface area contributed by atoms with Crippen molar-refractivity contribution in [2.45, 2.75) is 13.3 Å². The summed E-state index contributed by atoms with van der Waals surface area (Å²) in [5, 5.41) is 2.99. The highest BCUT2D eigenvalue weighted by Gasteiger charge is 1.94. The zero-order chi connectivity index (χ0) is 10.6. The van der Waals surface area contributed by atoms with Crippen LogP contribution in [-0.4, -0.2) is 19.1 Å². The van der Waals surface area contributed by atoms with Gasteiger partial charge in [0.05, 0.1) is 13.0 Å². The highest BCUT2D eigenvalue weighted by molar-refractivity contribution is 5.70. The van der Waals surface area contributed by atoms with Gasteiger partial charge in [-0.2, -0.15) is 0 Å². The normalized spacial score (nSPS) is 10.6. The van der Waals surface area contributed by atoms with E-state index in [-0.39, 0.29) is 5.97 Å². The van der Waals surface area contributed by atoms with E-state index in [9.17, 15) is 4.79 Å². The number of esters is 1. The van der Waals surface area contributed by atoms with Crippen LogP contribution in [0.25, 0.3) is 0 Å². The predicted molar refractivity (Wildman–Crippen MR) is 57.7 cm³/mol. The van der Waals surface area contributed by atoms with Gasteiger partial charge >= 0.3 is 5.97 Å². The van der Waals surface area contributed by atoms with Gasteiger partial charge < -0.3 is 10.1 Å². The minimum Gasteiger partial charge on any atom is -0.466 e. The fourth-order valence-electron chi connectivity index (χ4n) is 0.759. The minimum atomic E-state index is -0.202. The first-order chi connectivity index (χ1) is 6.81. The van der Waals surface area contributed by atoms with Crippen molar-refractivity contribution in [3.8, 4) is 0 Å². The first-order valence-corrected chi connectivity index (χ1v) is 4.62. The second kappa shape index (κ2) is 9.58. The molecule has 14 heavy (non-hydrogen) atoms. The molecule has 0 unspecified atom stereocenters. The molecule has 0 saturated carbocycles. The molecule has 0 spiro atoms. The lowest BCUT2D eigenvalue weighted by Gasteiger charge is -1.97. The molecule has 0 atom stereocenters. The van der Waals surface area contributed by atoms with Gasteiger partial charge in [0.1, 0.15) is 0 Å². The fraction of sp³-hybridized carbons (Fsp3) is 0.364. The first kappa shape index (κ1) is 12.5. The van der Waals surface area contributed by atoms with Crippen molar-refractivity contribution in [2.24, 2.45) is 0 Å². The zero-order valence-electron chi connectivity index (χ0n) is 8.53. The summed E-state index contributed by atoms with van der Waals surface area (Å²) in [6.45, 7) is 6.50. The van der Waals surface area contributed by atoms with Gasteiger partial charge in [-0.3, -0.25) is 4.79 Å². The van der Waals surface area contributed by atoms with Gasteiger partial charge in [-0.25, -0.2) is 0 Å². The van der Waals surface area contributed by atoms with Gasteiger partial charge in [0.25, 0.3) is 0 Å². The van der Waals surface area contributed by atoms with E-state index in [0.717, 1.165) is 6.54 Å². The number of carbonyl (C=O) groups is 1. The van der Waals surface area contributed by atoms with Crippen molar-refractivity contribution in [3.05, 3.63) is 37.1 Å². The Morgan fingerprint density at radius 3 is 2.93 bits per heavy atom. The van der Waals surface area contributed by atoms with Crippen LogP contribution in [0.15, 0.2) is 37.1 Å². The Balaban J connectivity index is 3.39. The number of nitrogens with one attached hydrogen (secondary N) is 1. The van der Waals surface area contributed by atoms with Crippen LogP contribution >= 0.6 is 0 Å². The average Bonchev–Trinajstić information content (AvgIpc) is 2.17. The van der Waals surface area contributed by atoms with E-state index in [0.29, 0.717) is 13.0 Å². The van der Waals surface area contributed by atoms with Crippen LogP contribution < -0.4 is 5.32 Å². The molecule has 0 aromatic heterocycles. The van der Waals surface area contributed by atoms with E-state index in [1.165, 1.54) is 0 Å². The smallest absolute Gasteiger partial charge is 0.309 e. The predicted octanol–water partition coefficient (Wildman–Crippen LogP) is 1.79. The van der Waals surface area contributed by atoms with Crippen LogP contribution in [0.4, 0.5) is 0 Å². The number of carbonyl (C=O) groups excluding carboxylic acids is 1. The second-order valence-corrected chi connectivity index (χ2v) is 2.48. The van der Waals surface area contributed by atoms with Gasteiger partial charge in [-0.1, -0.05) is 30.9 Å². The highest BCUT2D eigenvalue weighted by Crippen LogP contribution is 1.86. The van der Waals surface area contributed by atoms with Crippen molar-refractivity contribution >= 4 is 5.97 Å². The van der Waals surface area contributed by atoms with E-state index < -0.39 is 0 Å². The summed E-state index contributed by atoms with van der Waals surface area (Å²) in [5.74, 6) is -0.202. The Kier molecular flexibility index (Phi) is 8.54. The molecule has 0 rings (SSSR count). The Morgan fingerprint density at radius 1 is 1.50 bits per heavy atom. The molecule has 1 N–H and O–H groups in total. The monoisotopic (exact) mass is 195 g/mol. The van der Waals surface area contributed by atoms with Crippen LogP contribution in [0.3, 0.4) is 0 Å². The molecule has 0 aliphatic carbocycles. The number of ether oxygens (including phenoxy) is 1. The van der Waals surface area contributed by atoms with Gasteiger partial charge in [-0.05, 0) is 13.1 Å². The van der Waals surface area contributed by atoms with Crippen LogP contribution in [0.2, 0.25) is 0 Å². The van der Waals surface area contributed by atoms with E-state index >= 15 is 0 Å². The number of rotatable bonds is 7. The minimum absolute atomic E-state index is 0.202. The molecule has 0 fully saturated rings. The topological polar surface area (TPSA) is 38.3 Å². The summed E-state index contributed by atoms with van der Waals surface area (Å²) in [4.78, 5) is 10.8. The summed E-state index contributed by atoms with van der Waals surface area (Å²) in [6, 6.07) is 0. The van der Waals surface area contributed by atoms with Crippen molar-refractivity contribution in [1.82, 2.24) is 5.32 Å². The Morgan fingerprint density at radius 2 is 2.29 bits per heavy atom. The zero-order valence-corrected chi connectivity index (χ0v) is 8.53. The molecule has 0 radical (unpaired) electrons. The molecule has 0 aromatic rings. The summed E-state index contributed by atoms with van der Waals surface area (Å²) < 4.78 is 4.74. The Bertz CT molecular complexity index is 219. The maximum absolute atomic E-state index is 10.8. The van der Waals surface area contributed by atoms with Crippen LogP contribution in [0, 0.1) is 0 Å². The lowest BCUT2D eigenvalue weighted by Crippen LogP contribution is -2.05. The molecule has 0 aliphatic rings. The van der Waals surface area contributed by atoms with E-state index in [1.807, 2.05) is 12.2 Å². The SMILES string of the molecule is C=C/C=C/CN/C=C/CC(=O)OCC. The van der Waals surface area contributed by atoms with Crippen LogP contribution in [0.5, 0.6) is 0 Å². The van der Waals surface area contributed by atoms with E-state index in [4.69, 9.17) is 4.74 Å². The molecule has 0 aliphatic heterocycles. The summed E-state index contributed by atoms with van der Waals surface area (Å²) >= 11 is 0. The molecule has 78 valence electrons. The molecule has 0 heterocycles. The van der Waals surface area contributed by atoms with Crippen molar-refractivity contribution in [1.29, 1.82) is 0 Å². The number of hydrogen-bond acceptors (Lipinski definition) is 3. The molecule has 0 saturated heterocycles. The third-order valence-corrected chi connectivity index (χ3v) is 1.33. The standard InChI is InChI=1S/C11H17NO2/c1-3-5-6-9-12-10-7-8-11(13)14-4-2/h3,5-7,10,12H,1,4,8-9H2,2H3/b6-5+,10-7+. The van der Waals surface area contributed by atoms with Crippen molar-refractivity contribution in [3.63, 3.8) is 0 Å².